The summed E-state index contributed by atoms with van der Waals surface area (Å²) in [6.07, 6.45) is 3.67. The van der Waals surface area contributed by atoms with Crippen molar-refractivity contribution in [2.45, 2.75) is 41.8 Å². The first-order valence-corrected chi connectivity index (χ1v) is 14.7. The summed E-state index contributed by atoms with van der Waals surface area (Å²) in [4.78, 5) is 25.2. The molecular weight excluding hydrogens is 523 g/mol. The average molecular weight is 549 g/mol. The number of sulfonamides is 1. The molecule has 0 radical (unpaired) electrons. The van der Waals surface area contributed by atoms with Gasteiger partial charge >= 0.3 is 0 Å². The third kappa shape index (κ3) is 6.36. The minimum Gasteiger partial charge on any atom is -0.296 e. The molecule has 12 heteroatoms. The van der Waals surface area contributed by atoms with Gasteiger partial charge in [-0.15, -0.1) is 10.2 Å². The van der Waals surface area contributed by atoms with E-state index in [9.17, 15) is 22.4 Å². The molecular formula is C24H25FN4O4S3. The van der Waals surface area contributed by atoms with Gasteiger partial charge in [0.05, 0.1) is 10.6 Å². The SMILES string of the molecule is Cc1ccc(C(=O)Nc2nnc(SCC(=O)c3ccc(F)cc3)s2)cc1S(=O)(=O)N1CCCCCC1. The van der Waals surface area contributed by atoms with E-state index in [0.29, 0.717) is 28.6 Å². The summed E-state index contributed by atoms with van der Waals surface area (Å²) < 4.78 is 41.6. The summed E-state index contributed by atoms with van der Waals surface area (Å²) in [5, 5.41) is 10.8. The minimum absolute atomic E-state index is 0.0872. The molecule has 1 aliphatic rings. The Hall–Kier alpha value is -2.67. The second kappa shape index (κ2) is 11.6. The average Bonchev–Trinajstić information content (AvgIpc) is 3.11. The number of ketones is 1. The van der Waals surface area contributed by atoms with Crippen LogP contribution < -0.4 is 5.32 Å². The summed E-state index contributed by atoms with van der Waals surface area (Å²) >= 11 is 2.27. The van der Waals surface area contributed by atoms with Crippen molar-refractivity contribution in [3.8, 4) is 0 Å². The highest BCUT2D eigenvalue weighted by Gasteiger charge is 2.27. The van der Waals surface area contributed by atoms with Crippen molar-refractivity contribution in [1.29, 1.82) is 0 Å². The van der Waals surface area contributed by atoms with Crippen molar-refractivity contribution in [3.63, 3.8) is 0 Å². The molecule has 4 rings (SSSR count). The van der Waals surface area contributed by atoms with E-state index in [2.05, 4.69) is 15.5 Å². The molecule has 0 spiro atoms. The molecule has 36 heavy (non-hydrogen) atoms. The zero-order valence-electron chi connectivity index (χ0n) is 19.6. The van der Waals surface area contributed by atoms with E-state index >= 15 is 0 Å². The molecule has 190 valence electrons. The maximum absolute atomic E-state index is 13.3. The summed E-state index contributed by atoms with van der Waals surface area (Å²) in [5.74, 6) is -1.01. The molecule has 0 bridgehead atoms. The van der Waals surface area contributed by atoms with Crippen LogP contribution in [0.3, 0.4) is 0 Å². The van der Waals surface area contributed by atoms with E-state index in [1.807, 2.05) is 0 Å². The first-order valence-electron chi connectivity index (χ1n) is 11.4. The molecule has 2 aromatic carbocycles. The van der Waals surface area contributed by atoms with Crippen molar-refractivity contribution in [1.82, 2.24) is 14.5 Å². The van der Waals surface area contributed by atoms with Crippen LogP contribution in [0.4, 0.5) is 9.52 Å². The second-order valence-corrected chi connectivity index (χ2v) is 12.5. The van der Waals surface area contributed by atoms with Crippen LogP contribution in [0.2, 0.25) is 0 Å². The van der Waals surface area contributed by atoms with Gasteiger partial charge < -0.3 is 0 Å². The lowest BCUT2D eigenvalue weighted by molar-refractivity contribution is 0.101. The van der Waals surface area contributed by atoms with Crippen LogP contribution in [0.5, 0.6) is 0 Å². The van der Waals surface area contributed by atoms with Crippen molar-refractivity contribution in [2.75, 3.05) is 24.2 Å². The molecule has 1 saturated heterocycles. The first-order chi connectivity index (χ1) is 17.2. The number of carbonyl (C=O) groups excluding carboxylic acids is 2. The molecule has 1 aliphatic heterocycles. The lowest BCUT2D eigenvalue weighted by Crippen LogP contribution is -2.32. The van der Waals surface area contributed by atoms with Gasteiger partial charge in [0.2, 0.25) is 15.2 Å². The number of nitrogens with one attached hydrogen (secondary N) is 1. The van der Waals surface area contributed by atoms with Crippen LogP contribution >= 0.6 is 23.1 Å². The Morgan fingerprint density at radius 2 is 1.69 bits per heavy atom. The fraction of sp³-hybridized carbons (Fsp3) is 0.333. The van der Waals surface area contributed by atoms with Crippen molar-refractivity contribution < 1.29 is 22.4 Å². The topological polar surface area (TPSA) is 109 Å². The lowest BCUT2D eigenvalue weighted by atomic mass is 10.1. The summed E-state index contributed by atoms with van der Waals surface area (Å²) in [7, 11) is -3.71. The van der Waals surface area contributed by atoms with E-state index in [0.717, 1.165) is 48.8 Å². The number of anilines is 1. The fourth-order valence-electron chi connectivity index (χ4n) is 3.77. The summed E-state index contributed by atoms with van der Waals surface area (Å²) in [5.41, 5.74) is 1.17. The number of Topliss-reactive ketones (excluding diaryl/α,β-unsaturated/α-hetero) is 1. The zero-order chi connectivity index (χ0) is 25.7. The van der Waals surface area contributed by atoms with E-state index in [-0.39, 0.29) is 27.1 Å². The number of halogens is 1. The molecule has 0 atom stereocenters. The number of amides is 1. The van der Waals surface area contributed by atoms with Crippen LogP contribution in [0.15, 0.2) is 51.7 Å². The molecule has 0 aliphatic carbocycles. The predicted octanol–water partition coefficient (Wildman–Crippen LogP) is 4.78. The van der Waals surface area contributed by atoms with E-state index in [1.54, 1.807) is 19.1 Å². The maximum Gasteiger partial charge on any atom is 0.257 e. The van der Waals surface area contributed by atoms with Gasteiger partial charge in [-0.25, -0.2) is 12.8 Å². The van der Waals surface area contributed by atoms with Crippen LogP contribution in [-0.2, 0) is 10.0 Å². The number of aryl methyl sites for hydroxylation is 1. The van der Waals surface area contributed by atoms with Crippen LogP contribution in [-0.4, -0.2) is 53.5 Å². The molecule has 1 amide bonds. The third-order valence-corrected chi connectivity index (χ3v) is 9.77. The van der Waals surface area contributed by atoms with Gasteiger partial charge in [-0.3, -0.25) is 14.9 Å². The number of rotatable bonds is 8. The second-order valence-electron chi connectivity index (χ2n) is 8.34. The molecule has 1 fully saturated rings. The van der Waals surface area contributed by atoms with Gasteiger partial charge in [0.1, 0.15) is 5.82 Å². The number of hydrogen-bond donors (Lipinski definition) is 1. The Labute approximate surface area is 217 Å². The number of aromatic nitrogens is 2. The molecule has 1 N–H and O–H groups in total. The quantitative estimate of drug-likeness (QED) is 0.245. The largest absolute Gasteiger partial charge is 0.296 e. The van der Waals surface area contributed by atoms with Crippen molar-refractivity contribution in [3.05, 3.63) is 65.0 Å². The molecule has 0 saturated carbocycles. The van der Waals surface area contributed by atoms with Crippen LogP contribution in [0.25, 0.3) is 0 Å². The highest BCUT2D eigenvalue weighted by Crippen LogP contribution is 2.28. The smallest absolute Gasteiger partial charge is 0.257 e. The normalized spacial score (nSPS) is 14.8. The number of thioether (sulfide) groups is 1. The molecule has 2 heterocycles. The standard InChI is InChI=1S/C24H25FN4O4S3/c1-16-6-7-18(14-21(16)36(32,33)29-12-4-2-3-5-13-29)22(31)26-23-27-28-24(35-23)34-15-20(30)17-8-10-19(25)11-9-17/h6-11,14H,2-5,12-13,15H2,1H3,(H,26,27,31). The molecule has 1 aromatic heterocycles. The van der Waals surface area contributed by atoms with Gasteiger partial charge in [0, 0.05) is 24.2 Å². The van der Waals surface area contributed by atoms with E-state index < -0.39 is 21.7 Å². The Balaban J connectivity index is 1.41. The number of carbonyl (C=O) groups is 2. The van der Waals surface area contributed by atoms with Gasteiger partial charge in [-0.1, -0.05) is 42.0 Å². The van der Waals surface area contributed by atoms with Gasteiger partial charge in [-0.2, -0.15) is 4.31 Å². The minimum atomic E-state index is -3.71. The fourth-order valence-corrected chi connectivity index (χ4v) is 7.18. The van der Waals surface area contributed by atoms with Crippen LogP contribution in [0, 0.1) is 12.7 Å². The number of nitrogens with zero attached hydrogens (tertiary/aromatic N) is 3. The summed E-state index contributed by atoms with van der Waals surface area (Å²) in [6.45, 7) is 2.67. The van der Waals surface area contributed by atoms with Gasteiger partial charge in [0.25, 0.3) is 5.91 Å². The maximum atomic E-state index is 13.3. The Kier molecular flexibility index (Phi) is 8.50. The molecule has 8 nitrogen and oxygen atoms in total. The zero-order valence-corrected chi connectivity index (χ0v) is 22.0. The number of hydrogen-bond acceptors (Lipinski definition) is 8. The van der Waals surface area contributed by atoms with Gasteiger partial charge in [-0.05, 0) is 61.7 Å². The lowest BCUT2D eigenvalue weighted by Gasteiger charge is -2.21. The third-order valence-electron chi connectivity index (χ3n) is 5.75. The van der Waals surface area contributed by atoms with E-state index in [4.69, 9.17) is 0 Å². The molecule has 3 aromatic rings. The predicted molar refractivity (Wildman–Crippen MR) is 138 cm³/mol. The molecule has 0 unspecified atom stereocenters. The van der Waals surface area contributed by atoms with Crippen LogP contribution in [0.1, 0.15) is 52.0 Å². The Bertz CT molecular complexity index is 1350. The summed E-state index contributed by atoms with van der Waals surface area (Å²) in [6, 6.07) is 9.91. The van der Waals surface area contributed by atoms with E-state index in [1.165, 1.54) is 34.6 Å². The van der Waals surface area contributed by atoms with Crippen molar-refractivity contribution >= 4 is 49.9 Å². The monoisotopic (exact) mass is 548 g/mol. The number of benzene rings is 2. The van der Waals surface area contributed by atoms with Gasteiger partial charge in [0.15, 0.2) is 10.1 Å². The highest BCUT2D eigenvalue weighted by molar-refractivity contribution is 8.01. The first kappa shape index (κ1) is 26.4. The highest BCUT2D eigenvalue weighted by atomic mass is 32.2. The Morgan fingerprint density at radius 3 is 2.39 bits per heavy atom. The Morgan fingerprint density at radius 1 is 1.03 bits per heavy atom. The van der Waals surface area contributed by atoms with Crippen molar-refractivity contribution in [2.24, 2.45) is 0 Å².